The molecule has 0 radical (unpaired) electrons. The van der Waals surface area contributed by atoms with Crippen LogP contribution in [-0.4, -0.2) is 45.8 Å². The van der Waals surface area contributed by atoms with Gasteiger partial charge < -0.3 is 20.6 Å². The SMILES string of the molecule is CC(C)n1nc(C(=O)Nc2cc(C(=O)Nc3ccc(F)cc3CC(=O)O)ccc2N2CCCCC2)c2ccccc21. The van der Waals surface area contributed by atoms with Crippen molar-refractivity contribution in [3.8, 4) is 0 Å². The lowest BCUT2D eigenvalue weighted by Gasteiger charge is -2.30. The van der Waals surface area contributed by atoms with E-state index in [1.54, 1.807) is 12.1 Å². The molecule has 9 nitrogen and oxygen atoms in total. The topological polar surface area (TPSA) is 117 Å². The van der Waals surface area contributed by atoms with Crippen LogP contribution in [-0.2, 0) is 11.2 Å². The van der Waals surface area contributed by atoms with E-state index in [1.807, 2.05) is 48.9 Å². The van der Waals surface area contributed by atoms with E-state index in [-0.39, 0.29) is 22.9 Å². The normalized spacial score (nSPS) is 13.4. The van der Waals surface area contributed by atoms with E-state index in [0.717, 1.165) is 61.1 Å². The van der Waals surface area contributed by atoms with Gasteiger partial charge in [0, 0.05) is 35.8 Å². The van der Waals surface area contributed by atoms with E-state index in [9.17, 15) is 23.9 Å². The number of fused-ring (bicyclic) bond motifs is 1. The number of carbonyl (C=O) groups excluding carboxylic acids is 2. The van der Waals surface area contributed by atoms with Gasteiger partial charge in [0.1, 0.15) is 5.82 Å². The van der Waals surface area contributed by atoms with E-state index < -0.39 is 30.0 Å². The number of amides is 2. The fourth-order valence-corrected chi connectivity index (χ4v) is 5.21. The molecule has 3 aromatic carbocycles. The Kier molecular flexibility index (Phi) is 8.00. The number of carbonyl (C=O) groups is 3. The zero-order chi connectivity index (χ0) is 29.1. The number of halogens is 1. The summed E-state index contributed by atoms with van der Waals surface area (Å²) in [5, 5.41) is 20.3. The summed E-state index contributed by atoms with van der Waals surface area (Å²) in [4.78, 5) is 40.4. The first kappa shape index (κ1) is 27.8. The van der Waals surface area contributed by atoms with Crippen LogP contribution in [0.4, 0.5) is 21.5 Å². The number of anilines is 3. The van der Waals surface area contributed by atoms with Gasteiger partial charge in [-0.3, -0.25) is 19.1 Å². The average Bonchev–Trinajstić information content (AvgIpc) is 3.35. The molecule has 0 saturated carbocycles. The van der Waals surface area contributed by atoms with Crippen LogP contribution in [0.5, 0.6) is 0 Å². The van der Waals surface area contributed by atoms with Crippen molar-refractivity contribution in [1.82, 2.24) is 9.78 Å². The summed E-state index contributed by atoms with van der Waals surface area (Å²) in [5.74, 6) is -2.64. The van der Waals surface area contributed by atoms with Gasteiger partial charge >= 0.3 is 5.97 Å². The number of para-hydroxylation sites is 1. The molecular weight excluding hydrogens is 525 g/mol. The van der Waals surface area contributed by atoms with Gasteiger partial charge in [-0.25, -0.2) is 4.39 Å². The summed E-state index contributed by atoms with van der Waals surface area (Å²) in [6.07, 6.45) is 2.74. The molecule has 2 heterocycles. The monoisotopic (exact) mass is 557 g/mol. The van der Waals surface area contributed by atoms with Crippen molar-refractivity contribution in [1.29, 1.82) is 0 Å². The molecule has 0 unspecified atom stereocenters. The molecule has 2 amide bonds. The van der Waals surface area contributed by atoms with Crippen LogP contribution in [0.25, 0.3) is 10.9 Å². The molecule has 1 saturated heterocycles. The maximum absolute atomic E-state index is 13.8. The highest BCUT2D eigenvalue weighted by molar-refractivity contribution is 6.13. The van der Waals surface area contributed by atoms with Crippen LogP contribution in [0.2, 0.25) is 0 Å². The van der Waals surface area contributed by atoms with Crippen molar-refractivity contribution in [3.63, 3.8) is 0 Å². The zero-order valence-electron chi connectivity index (χ0n) is 23.0. The summed E-state index contributed by atoms with van der Waals surface area (Å²) >= 11 is 0. The molecule has 1 fully saturated rings. The predicted octanol–water partition coefficient (Wildman–Crippen LogP) is 5.88. The third kappa shape index (κ3) is 6.06. The number of hydrogen-bond acceptors (Lipinski definition) is 5. The van der Waals surface area contributed by atoms with Crippen molar-refractivity contribution >= 4 is 45.7 Å². The van der Waals surface area contributed by atoms with Crippen LogP contribution in [0, 0.1) is 5.82 Å². The Labute approximate surface area is 237 Å². The van der Waals surface area contributed by atoms with Gasteiger partial charge in [-0.1, -0.05) is 18.2 Å². The number of benzene rings is 3. The molecule has 1 aliphatic rings. The lowest BCUT2D eigenvalue weighted by atomic mass is 10.1. The molecule has 1 aromatic heterocycles. The van der Waals surface area contributed by atoms with Crippen LogP contribution in [0.15, 0.2) is 60.7 Å². The third-order valence-electron chi connectivity index (χ3n) is 7.18. The molecule has 5 rings (SSSR count). The molecule has 0 atom stereocenters. The van der Waals surface area contributed by atoms with E-state index >= 15 is 0 Å². The first-order chi connectivity index (χ1) is 19.7. The molecule has 212 valence electrons. The highest BCUT2D eigenvalue weighted by Crippen LogP contribution is 2.32. The van der Waals surface area contributed by atoms with Crippen LogP contribution in [0.1, 0.15) is 65.6 Å². The van der Waals surface area contributed by atoms with Crippen LogP contribution in [0.3, 0.4) is 0 Å². The fourth-order valence-electron chi connectivity index (χ4n) is 5.21. The fraction of sp³-hybridized carbons (Fsp3) is 0.290. The molecule has 0 bridgehead atoms. The highest BCUT2D eigenvalue weighted by atomic mass is 19.1. The summed E-state index contributed by atoms with van der Waals surface area (Å²) in [5.41, 5.74) is 3.02. The molecule has 41 heavy (non-hydrogen) atoms. The van der Waals surface area contributed by atoms with Gasteiger partial charge in [0.2, 0.25) is 0 Å². The van der Waals surface area contributed by atoms with Gasteiger partial charge in [0.05, 0.1) is 23.3 Å². The number of aliphatic carboxylic acids is 1. The van der Waals surface area contributed by atoms with Gasteiger partial charge in [-0.05, 0) is 81.1 Å². The van der Waals surface area contributed by atoms with Crippen LogP contribution < -0.4 is 15.5 Å². The molecule has 4 aromatic rings. The Morgan fingerprint density at radius 2 is 1.66 bits per heavy atom. The summed E-state index contributed by atoms with van der Waals surface area (Å²) in [6.45, 7) is 5.65. The Morgan fingerprint density at radius 1 is 0.927 bits per heavy atom. The first-order valence-electron chi connectivity index (χ1n) is 13.7. The lowest BCUT2D eigenvalue weighted by molar-refractivity contribution is -0.136. The van der Waals surface area contributed by atoms with Crippen LogP contribution >= 0.6 is 0 Å². The van der Waals surface area contributed by atoms with Gasteiger partial charge in [0.15, 0.2) is 5.69 Å². The first-order valence-corrected chi connectivity index (χ1v) is 13.7. The number of aromatic nitrogens is 2. The van der Waals surface area contributed by atoms with Gasteiger partial charge in [-0.15, -0.1) is 0 Å². The summed E-state index contributed by atoms with van der Waals surface area (Å²) in [6, 6.07) is 16.3. The summed E-state index contributed by atoms with van der Waals surface area (Å²) < 4.78 is 15.6. The number of carboxylic acids is 1. The second kappa shape index (κ2) is 11.8. The Morgan fingerprint density at radius 3 is 2.39 bits per heavy atom. The molecule has 0 aliphatic carbocycles. The van der Waals surface area contributed by atoms with Gasteiger partial charge in [-0.2, -0.15) is 5.10 Å². The van der Waals surface area contributed by atoms with Crippen molar-refractivity contribution in [2.45, 2.75) is 45.6 Å². The van der Waals surface area contributed by atoms with Crippen molar-refractivity contribution in [2.75, 3.05) is 28.6 Å². The molecular formula is C31H32FN5O4. The molecule has 1 aliphatic heterocycles. The lowest BCUT2D eigenvalue weighted by Crippen LogP contribution is -2.30. The minimum atomic E-state index is -1.14. The largest absolute Gasteiger partial charge is 0.481 e. The van der Waals surface area contributed by atoms with E-state index in [2.05, 4.69) is 20.6 Å². The Balaban J connectivity index is 1.49. The third-order valence-corrected chi connectivity index (χ3v) is 7.18. The van der Waals surface area contributed by atoms with E-state index in [1.165, 1.54) is 6.07 Å². The van der Waals surface area contributed by atoms with Crippen molar-refractivity contribution in [2.24, 2.45) is 0 Å². The smallest absolute Gasteiger partial charge is 0.307 e. The van der Waals surface area contributed by atoms with E-state index in [0.29, 0.717) is 11.4 Å². The average molecular weight is 558 g/mol. The minimum absolute atomic E-state index is 0.0508. The molecule has 3 N–H and O–H groups in total. The second-order valence-corrected chi connectivity index (χ2v) is 10.5. The Hall–Kier alpha value is -4.73. The predicted molar refractivity (Wildman–Crippen MR) is 156 cm³/mol. The summed E-state index contributed by atoms with van der Waals surface area (Å²) in [7, 11) is 0. The number of nitrogens with zero attached hydrogens (tertiary/aromatic N) is 3. The Bertz CT molecular complexity index is 1620. The number of rotatable bonds is 8. The molecule has 0 spiro atoms. The van der Waals surface area contributed by atoms with Crippen molar-refractivity contribution in [3.05, 3.63) is 83.3 Å². The number of piperidine rings is 1. The van der Waals surface area contributed by atoms with Crippen molar-refractivity contribution < 1.29 is 23.9 Å². The highest BCUT2D eigenvalue weighted by Gasteiger charge is 2.23. The van der Waals surface area contributed by atoms with Gasteiger partial charge in [0.25, 0.3) is 11.8 Å². The number of carboxylic acid groups (broad SMARTS) is 1. The minimum Gasteiger partial charge on any atom is -0.481 e. The maximum atomic E-state index is 13.8. The number of hydrogen-bond donors (Lipinski definition) is 3. The zero-order valence-corrected chi connectivity index (χ0v) is 23.0. The van der Waals surface area contributed by atoms with E-state index in [4.69, 9.17) is 0 Å². The maximum Gasteiger partial charge on any atom is 0.307 e. The number of nitrogens with one attached hydrogen (secondary N) is 2. The standard InChI is InChI=1S/C31H32FN5O4/c1-19(2)37-26-9-5-4-8-23(26)29(35-37)31(41)34-25-17-20(10-13-27(25)36-14-6-3-7-15-36)30(40)33-24-12-11-22(32)16-21(24)18-28(38)39/h4-5,8-13,16-17,19H,3,6-7,14-15,18H2,1-2H3,(H,33,40)(H,34,41)(H,38,39). The molecule has 10 heteroatoms. The second-order valence-electron chi connectivity index (χ2n) is 10.5. The quantitative estimate of drug-likeness (QED) is 0.249.